The van der Waals surface area contributed by atoms with E-state index in [-0.39, 0.29) is 11.9 Å². The molecule has 1 aliphatic rings. The number of hydrogen-bond donors (Lipinski definition) is 2. The highest BCUT2D eigenvalue weighted by Gasteiger charge is 2.21. The molecule has 1 aromatic carbocycles. The van der Waals surface area contributed by atoms with Crippen molar-refractivity contribution >= 4 is 43.5 Å². The fourth-order valence-electron chi connectivity index (χ4n) is 1.90. The number of anilines is 1. The van der Waals surface area contributed by atoms with Crippen LogP contribution in [0.25, 0.3) is 0 Å². The van der Waals surface area contributed by atoms with Crippen molar-refractivity contribution in [2.75, 3.05) is 11.9 Å². The van der Waals surface area contributed by atoms with Crippen molar-refractivity contribution in [1.82, 2.24) is 5.32 Å². The van der Waals surface area contributed by atoms with Crippen molar-refractivity contribution < 1.29 is 4.79 Å². The van der Waals surface area contributed by atoms with Crippen LogP contribution in [0.1, 0.15) is 19.3 Å². The highest BCUT2D eigenvalue weighted by molar-refractivity contribution is 9.11. The van der Waals surface area contributed by atoms with Gasteiger partial charge in [0.15, 0.2) is 0 Å². The van der Waals surface area contributed by atoms with Crippen molar-refractivity contribution in [3.63, 3.8) is 0 Å². The molecule has 1 fully saturated rings. The number of rotatable bonds is 2. The third-order valence-electron chi connectivity index (χ3n) is 2.84. The van der Waals surface area contributed by atoms with Crippen molar-refractivity contribution in [1.29, 1.82) is 0 Å². The molecule has 2 rings (SSSR count). The first-order chi connectivity index (χ1) is 8.18. The molecule has 1 aliphatic heterocycles. The van der Waals surface area contributed by atoms with E-state index in [4.69, 9.17) is 0 Å². The Hall–Kier alpha value is -0.390. The summed E-state index contributed by atoms with van der Waals surface area (Å²) in [5, 5.41) is 6.19. The summed E-state index contributed by atoms with van der Waals surface area (Å²) in [6.07, 6.45) is 3.18. The van der Waals surface area contributed by atoms with E-state index in [0.717, 1.165) is 40.4 Å². The molecule has 3 nitrogen and oxygen atoms in total. The van der Waals surface area contributed by atoms with E-state index in [0.29, 0.717) is 0 Å². The van der Waals surface area contributed by atoms with E-state index in [1.165, 1.54) is 0 Å². The quantitative estimate of drug-likeness (QED) is 0.848. The molecule has 92 valence electrons. The second-order valence-electron chi connectivity index (χ2n) is 4.09. The first-order valence-electron chi connectivity index (χ1n) is 5.67. The molecular weight excluding hydrogens is 348 g/mol. The van der Waals surface area contributed by atoms with E-state index < -0.39 is 0 Å². The third kappa shape index (κ3) is 3.30. The van der Waals surface area contributed by atoms with Gasteiger partial charge < -0.3 is 10.6 Å². The smallest absolute Gasteiger partial charge is 0.241 e. The molecule has 1 heterocycles. The second-order valence-corrected chi connectivity index (χ2v) is 5.80. The zero-order valence-electron chi connectivity index (χ0n) is 9.30. The molecule has 0 unspecified atom stereocenters. The summed E-state index contributed by atoms with van der Waals surface area (Å²) in [5.41, 5.74) is 0.796. The molecule has 0 spiro atoms. The van der Waals surface area contributed by atoms with Crippen molar-refractivity contribution in [2.45, 2.75) is 25.3 Å². The van der Waals surface area contributed by atoms with Crippen LogP contribution in [-0.4, -0.2) is 18.5 Å². The Kier molecular flexibility index (Phi) is 4.59. The van der Waals surface area contributed by atoms with Gasteiger partial charge in [-0.05, 0) is 63.4 Å². The van der Waals surface area contributed by atoms with Crippen LogP contribution in [0.15, 0.2) is 27.1 Å². The molecule has 1 amide bonds. The molecule has 5 heteroatoms. The summed E-state index contributed by atoms with van der Waals surface area (Å²) in [6.45, 7) is 0.926. The predicted molar refractivity (Wildman–Crippen MR) is 76.1 cm³/mol. The Morgan fingerprint density at radius 3 is 2.59 bits per heavy atom. The van der Waals surface area contributed by atoms with Gasteiger partial charge >= 0.3 is 0 Å². The Balaban J connectivity index is 2.07. The van der Waals surface area contributed by atoms with Gasteiger partial charge in [-0.1, -0.05) is 12.5 Å². The Morgan fingerprint density at radius 1 is 1.29 bits per heavy atom. The van der Waals surface area contributed by atoms with Gasteiger partial charge in [0, 0.05) is 8.95 Å². The van der Waals surface area contributed by atoms with Gasteiger partial charge in [-0.15, -0.1) is 0 Å². The Bertz CT molecular complexity index is 397. The number of nitrogens with one attached hydrogen (secondary N) is 2. The van der Waals surface area contributed by atoms with Gasteiger partial charge in [-0.25, -0.2) is 0 Å². The first kappa shape index (κ1) is 13.1. The summed E-state index contributed by atoms with van der Waals surface area (Å²) in [4.78, 5) is 12.1. The normalized spacial score (nSPS) is 20.0. The molecule has 17 heavy (non-hydrogen) atoms. The minimum Gasteiger partial charge on any atom is -0.323 e. The van der Waals surface area contributed by atoms with Crippen LogP contribution in [0, 0.1) is 0 Å². The number of halogens is 2. The maximum absolute atomic E-state index is 12.1. The SMILES string of the molecule is O=C(Nc1c(Br)cccc1Br)[C@@H]1CCCCN1. The van der Waals surface area contributed by atoms with Gasteiger partial charge in [0.1, 0.15) is 0 Å². The Morgan fingerprint density at radius 2 is 2.00 bits per heavy atom. The first-order valence-corrected chi connectivity index (χ1v) is 7.25. The Labute approximate surface area is 118 Å². The third-order valence-corrected chi connectivity index (χ3v) is 4.16. The number of amides is 1. The number of carbonyl (C=O) groups excluding carboxylic acids is 1. The lowest BCUT2D eigenvalue weighted by Gasteiger charge is -2.23. The van der Waals surface area contributed by atoms with E-state index >= 15 is 0 Å². The molecule has 0 aliphatic carbocycles. The van der Waals surface area contributed by atoms with Crippen LogP contribution in [-0.2, 0) is 4.79 Å². The minimum atomic E-state index is -0.0669. The topological polar surface area (TPSA) is 41.1 Å². The molecule has 1 aromatic rings. The molecule has 0 radical (unpaired) electrons. The second kappa shape index (κ2) is 5.98. The molecule has 0 saturated carbocycles. The monoisotopic (exact) mass is 360 g/mol. The molecule has 0 bridgehead atoms. The maximum atomic E-state index is 12.1. The minimum absolute atomic E-state index is 0.0392. The van der Waals surface area contributed by atoms with Crippen LogP contribution >= 0.6 is 31.9 Å². The van der Waals surface area contributed by atoms with Crippen LogP contribution in [0.2, 0.25) is 0 Å². The van der Waals surface area contributed by atoms with E-state index in [2.05, 4.69) is 42.5 Å². The van der Waals surface area contributed by atoms with Crippen LogP contribution < -0.4 is 10.6 Å². The number of para-hydroxylation sites is 1. The van der Waals surface area contributed by atoms with Crippen LogP contribution in [0.3, 0.4) is 0 Å². The lowest BCUT2D eigenvalue weighted by atomic mass is 10.0. The molecule has 2 N–H and O–H groups in total. The highest BCUT2D eigenvalue weighted by atomic mass is 79.9. The highest BCUT2D eigenvalue weighted by Crippen LogP contribution is 2.30. The summed E-state index contributed by atoms with van der Waals surface area (Å²) < 4.78 is 1.77. The van der Waals surface area contributed by atoms with Gasteiger partial charge in [0.05, 0.1) is 11.7 Å². The van der Waals surface area contributed by atoms with Crippen LogP contribution in [0.4, 0.5) is 5.69 Å². The lowest BCUT2D eigenvalue weighted by molar-refractivity contribution is -0.118. The summed E-state index contributed by atoms with van der Waals surface area (Å²) in [6, 6.07) is 5.68. The summed E-state index contributed by atoms with van der Waals surface area (Å²) in [7, 11) is 0. The number of carbonyl (C=O) groups is 1. The van der Waals surface area contributed by atoms with Crippen molar-refractivity contribution in [3.8, 4) is 0 Å². The van der Waals surface area contributed by atoms with Gasteiger partial charge in [-0.2, -0.15) is 0 Å². The molecule has 0 aromatic heterocycles. The molecule has 1 atom stereocenters. The fraction of sp³-hybridized carbons (Fsp3) is 0.417. The average molecular weight is 362 g/mol. The predicted octanol–water partition coefficient (Wildman–Crippen LogP) is 3.29. The molecule has 1 saturated heterocycles. The lowest BCUT2D eigenvalue weighted by Crippen LogP contribution is -2.43. The summed E-state index contributed by atoms with van der Waals surface area (Å²) >= 11 is 6.87. The van der Waals surface area contributed by atoms with Crippen LogP contribution in [0.5, 0.6) is 0 Å². The number of piperidine rings is 1. The van der Waals surface area contributed by atoms with E-state index in [9.17, 15) is 4.79 Å². The number of benzene rings is 1. The fourth-order valence-corrected chi connectivity index (χ4v) is 3.10. The van der Waals surface area contributed by atoms with Crippen molar-refractivity contribution in [2.24, 2.45) is 0 Å². The summed E-state index contributed by atoms with van der Waals surface area (Å²) in [5.74, 6) is 0.0392. The molecular formula is C12H14Br2N2O. The van der Waals surface area contributed by atoms with Crippen molar-refractivity contribution in [3.05, 3.63) is 27.1 Å². The van der Waals surface area contributed by atoms with Gasteiger partial charge in [-0.3, -0.25) is 4.79 Å². The zero-order chi connectivity index (χ0) is 12.3. The largest absolute Gasteiger partial charge is 0.323 e. The zero-order valence-corrected chi connectivity index (χ0v) is 12.5. The maximum Gasteiger partial charge on any atom is 0.241 e. The average Bonchev–Trinajstić information content (AvgIpc) is 2.35. The standard InChI is InChI=1S/C12H14Br2N2O/c13-8-4-3-5-9(14)11(8)16-12(17)10-6-1-2-7-15-10/h3-5,10,15H,1-2,6-7H2,(H,16,17)/t10-/m0/s1. The van der Waals surface area contributed by atoms with Gasteiger partial charge in [0.2, 0.25) is 5.91 Å². The van der Waals surface area contributed by atoms with E-state index in [1.54, 1.807) is 0 Å². The van der Waals surface area contributed by atoms with E-state index in [1.807, 2.05) is 18.2 Å². The van der Waals surface area contributed by atoms with Gasteiger partial charge in [0.25, 0.3) is 0 Å². The number of hydrogen-bond acceptors (Lipinski definition) is 2.